The Labute approximate surface area is 98.8 Å². The molecule has 88 valence electrons. The average molecular weight is 244 g/mol. The van der Waals surface area contributed by atoms with E-state index in [2.05, 4.69) is 25.6 Å². The second-order valence-corrected chi connectivity index (χ2v) is 3.93. The molecule has 1 aliphatic carbocycles. The first kappa shape index (κ1) is 11.3. The van der Waals surface area contributed by atoms with Gasteiger partial charge in [-0.2, -0.15) is 15.0 Å². The van der Waals surface area contributed by atoms with Crippen LogP contribution in [-0.2, 0) is 4.74 Å². The summed E-state index contributed by atoms with van der Waals surface area (Å²) >= 11 is 5.79. The molecule has 16 heavy (non-hydrogen) atoms. The maximum Gasteiger partial charge on any atom is 0.229 e. The number of nitrogens with zero attached hydrogens (tertiary/aromatic N) is 3. The smallest absolute Gasteiger partial charge is 0.229 e. The Morgan fingerprint density at radius 1 is 1.31 bits per heavy atom. The largest absolute Gasteiger partial charge is 0.383 e. The van der Waals surface area contributed by atoms with E-state index in [1.165, 1.54) is 0 Å². The molecule has 0 radical (unpaired) electrons. The summed E-state index contributed by atoms with van der Waals surface area (Å²) in [4.78, 5) is 12.2. The predicted molar refractivity (Wildman–Crippen MR) is 61.8 cm³/mol. The minimum absolute atomic E-state index is 0.193. The summed E-state index contributed by atoms with van der Waals surface area (Å²) < 4.78 is 4.92. The summed E-state index contributed by atoms with van der Waals surface area (Å²) in [5.74, 6) is 1.00. The Morgan fingerprint density at radius 2 is 2.06 bits per heavy atom. The van der Waals surface area contributed by atoms with Gasteiger partial charge in [-0.05, 0) is 24.4 Å². The summed E-state index contributed by atoms with van der Waals surface area (Å²) in [5.41, 5.74) is 0. The van der Waals surface area contributed by atoms with Gasteiger partial charge in [0.25, 0.3) is 0 Å². The lowest BCUT2D eigenvalue weighted by molar-refractivity contribution is 0.210. The molecule has 2 rings (SSSR count). The molecule has 1 saturated carbocycles. The van der Waals surface area contributed by atoms with Gasteiger partial charge in [-0.25, -0.2) is 0 Å². The van der Waals surface area contributed by atoms with E-state index in [4.69, 9.17) is 16.3 Å². The van der Waals surface area contributed by atoms with Gasteiger partial charge in [0, 0.05) is 19.7 Å². The molecule has 1 fully saturated rings. The van der Waals surface area contributed by atoms with Crippen LogP contribution in [-0.4, -0.2) is 41.3 Å². The van der Waals surface area contributed by atoms with E-state index in [1.807, 2.05) is 0 Å². The second-order valence-electron chi connectivity index (χ2n) is 3.59. The number of hydrogen-bond donors (Lipinski definition) is 2. The van der Waals surface area contributed by atoms with Crippen LogP contribution in [0.4, 0.5) is 11.9 Å². The zero-order valence-electron chi connectivity index (χ0n) is 9.03. The van der Waals surface area contributed by atoms with Crippen molar-refractivity contribution >= 4 is 23.5 Å². The highest BCUT2D eigenvalue weighted by atomic mass is 35.5. The first-order valence-electron chi connectivity index (χ1n) is 5.19. The van der Waals surface area contributed by atoms with Gasteiger partial charge < -0.3 is 15.4 Å². The number of aromatic nitrogens is 3. The molecule has 0 saturated heterocycles. The van der Waals surface area contributed by atoms with Crippen molar-refractivity contribution in [2.24, 2.45) is 0 Å². The molecular formula is C9H14ClN5O. The number of hydrogen-bond acceptors (Lipinski definition) is 6. The maximum atomic E-state index is 5.79. The fraction of sp³-hybridized carbons (Fsp3) is 0.667. The van der Waals surface area contributed by atoms with Crippen LogP contribution >= 0.6 is 11.6 Å². The van der Waals surface area contributed by atoms with Gasteiger partial charge in [-0.1, -0.05) is 0 Å². The minimum Gasteiger partial charge on any atom is -0.383 e. The molecule has 1 heterocycles. The molecule has 7 heteroatoms. The quantitative estimate of drug-likeness (QED) is 0.731. The Kier molecular flexibility index (Phi) is 3.74. The number of rotatable bonds is 6. The summed E-state index contributed by atoms with van der Waals surface area (Å²) in [7, 11) is 1.64. The van der Waals surface area contributed by atoms with Crippen LogP contribution in [0.5, 0.6) is 0 Å². The molecule has 1 aromatic rings. The van der Waals surface area contributed by atoms with Crippen LogP contribution < -0.4 is 10.6 Å². The normalized spacial score (nSPS) is 14.9. The van der Waals surface area contributed by atoms with E-state index in [0.29, 0.717) is 31.1 Å². The number of halogens is 1. The van der Waals surface area contributed by atoms with Crippen molar-refractivity contribution in [1.82, 2.24) is 15.0 Å². The number of nitrogens with one attached hydrogen (secondary N) is 2. The summed E-state index contributed by atoms with van der Waals surface area (Å²) in [6.07, 6.45) is 2.32. The third-order valence-corrected chi connectivity index (χ3v) is 2.28. The molecule has 0 bridgehead atoms. The second kappa shape index (κ2) is 5.27. The molecule has 0 aromatic carbocycles. The highest BCUT2D eigenvalue weighted by Gasteiger charge is 2.22. The van der Waals surface area contributed by atoms with Gasteiger partial charge in [0.15, 0.2) is 0 Å². The van der Waals surface area contributed by atoms with Gasteiger partial charge in [0.05, 0.1) is 6.61 Å². The lowest BCUT2D eigenvalue weighted by atomic mass is 10.6. The van der Waals surface area contributed by atoms with Crippen molar-refractivity contribution < 1.29 is 4.74 Å². The molecule has 1 aromatic heterocycles. The predicted octanol–water partition coefficient (Wildman–Crippen LogP) is 1.16. The standard InChI is InChI=1S/C9H14ClN5O/c1-16-5-4-11-8-13-7(10)14-9(15-8)12-6-2-3-6/h6H,2-5H2,1H3,(H2,11,12,13,14,15). The van der Waals surface area contributed by atoms with Gasteiger partial charge in [0.1, 0.15) is 0 Å². The molecule has 0 aliphatic heterocycles. The molecule has 1 aliphatic rings. The Bertz CT molecular complexity index is 358. The monoisotopic (exact) mass is 243 g/mol. The maximum absolute atomic E-state index is 5.79. The fourth-order valence-electron chi connectivity index (χ4n) is 1.17. The molecule has 6 nitrogen and oxygen atoms in total. The summed E-state index contributed by atoms with van der Waals surface area (Å²) in [6, 6.07) is 0.491. The summed E-state index contributed by atoms with van der Waals surface area (Å²) in [6.45, 7) is 1.23. The average Bonchev–Trinajstić information content (AvgIpc) is 3.01. The molecular weight excluding hydrogens is 230 g/mol. The van der Waals surface area contributed by atoms with Gasteiger partial charge >= 0.3 is 0 Å². The lowest BCUT2D eigenvalue weighted by Gasteiger charge is -2.07. The van der Waals surface area contributed by atoms with Crippen molar-refractivity contribution in [1.29, 1.82) is 0 Å². The Balaban J connectivity index is 1.96. The highest BCUT2D eigenvalue weighted by Crippen LogP contribution is 2.23. The number of anilines is 2. The van der Waals surface area contributed by atoms with Crippen molar-refractivity contribution in [3.63, 3.8) is 0 Å². The fourth-order valence-corrected chi connectivity index (χ4v) is 1.33. The molecule has 0 amide bonds. The number of ether oxygens (including phenoxy) is 1. The van der Waals surface area contributed by atoms with E-state index in [0.717, 1.165) is 12.8 Å². The first-order valence-corrected chi connectivity index (χ1v) is 5.56. The van der Waals surface area contributed by atoms with Crippen LogP contribution in [0.3, 0.4) is 0 Å². The van der Waals surface area contributed by atoms with Crippen molar-refractivity contribution in [2.75, 3.05) is 30.9 Å². The first-order chi connectivity index (χ1) is 7.78. The van der Waals surface area contributed by atoms with Crippen LogP contribution in [0.1, 0.15) is 12.8 Å². The topological polar surface area (TPSA) is 72.0 Å². The van der Waals surface area contributed by atoms with E-state index < -0.39 is 0 Å². The molecule has 0 unspecified atom stereocenters. The van der Waals surface area contributed by atoms with Crippen molar-refractivity contribution in [3.05, 3.63) is 5.28 Å². The zero-order valence-corrected chi connectivity index (χ0v) is 9.79. The third kappa shape index (κ3) is 3.46. The zero-order chi connectivity index (χ0) is 11.4. The summed E-state index contributed by atoms with van der Waals surface area (Å²) in [5, 5.41) is 6.37. The van der Waals surface area contributed by atoms with E-state index in [-0.39, 0.29) is 5.28 Å². The third-order valence-electron chi connectivity index (χ3n) is 2.11. The Hall–Kier alpha value is -1.14. The van der Waals surface area contributed by atoms with Crippen LogP contribution in [0.25, 0.3) is 0 Å². The van der Waals surface area contributed by atoms with Crippen LogP contribution in [0.15, 0.2) is 0 Å². The van der Waals surface area contributed by atoms with Gasteiger partial charge in [-0.3, -0.25) is 0 Å². The van der Waals surface area contributed by atoms with E-state index in [1.54, 1.807) is 7.11 Å². The van der Waals surface area contributed by atoms with Crippen LogP contribution in [0.2, 0.25) is 5.28 Å². The molecule has 0 atom stereocenters. The number of methoxy groups -OCH3 is 1. The van der Waals surface area contributed by atoms with Crippen molar-refractivity contribution in [3.8, 4) is 0 Å². The van der Waals surface area contributed by atoms with E-state index >= 15 is 0 Å². The minimum atomic E-state index is 0.193. The van der Waals surface area contributed by atoms with Gasteiger partial charge in [0.2, 0.25) is 17.2 Å². The van der Waals surface area contributed by atoms with Crippen LogP contribution in [0, 0.1) is 0 Å². The molecule has 2 N–H and O–H groups in total. The van der Waals surface area contributed by atoms with Gasteiger partial charge in [-0.15, -0.1) is 0 Å². The molecule has 0 spiro atoms. The van der Waals surface area contributed by atoms with Crippen molar-refractivity contribution in [2.45, 2.75) is 18.9 Å². The lowest BCUT2D eigenvalue weighted by Crippen LogP contribution is -2.13. The SMILES string of the molecule is COCCNc1nc(Cl)nc(NC2CC2)n1. The highest BCUT2D eigenvalue weighted by molar-refractivity contribution is 6.28. The Morgan fingerprint density at radius 3 is 2.75 bits per heavy atom. The van der Waals surface area contributed by atoms with E-state index in [9.17, 15) is 0 Å².